The van der Waals surface area contributed by atoms with Gasteiger partial charge in [0.25, 0.3) is 0 Å². The summed E-state index contributed by atoms with van der Waals surface area (Å²) >= 11 is 0. The second kappa shape index (κ2) is 5.05. The normalized spacial score (nSPS) is 27.4. The van der Waals surface area contributed by atoms with Crippen molar-refractivity contribution in [1.29, 1.82) is 0 Å². The van der Waals surface area contributed by atoms with Crippen LogP contribution in [0.5, 0.6) is 0 Å². The summed E-state index contributed by atoms with van der Waals surface area (Å²) in [5.41, 5.74) is 0.587. The first-order valence-corrected chi connectivity index (χ1v) is 6.54. The highest BCUT2D eigenvalue weighted by molar-refractivity contribution is 4.84. The van der Waals surface area contributed by atoms with Crippen LogP contribution in [0.15, 0.2) is 0 Å². The lowest BCUT2D eigenvalue weighted by Gasteiger charge is -2.29. The second-order valence-corrected chi connectivity index (χ2v) is 7.35. The minimum absolute atomic E-state index is 0.217. The number of hydrogen-bond donors (Lipinski definition) is 1. The number of ether oxygens (including phenoxy) is 1. The van der Waals surface area contributed by atoms with Gasteiger partial charge >= 0.3 is 0 Å². The Labute approximate surface area is 101 Å². The van der Waals surface area contributed by atoms with Crippen LogP contribution in [0.4, 0.5) is 0 Å². The van der Waals surface area contributed by atoms with E-state index in [2.05, 4.69) is 46.9 Å². The van der Waals surface area contributed by atoms with Crippen LogP contribution in [0.2, 0.25) is 0 Å². The maximum atomic E-state index is 5.87. The van der Waals surface area contributed by atoms with Gasteiger partial charge < -0.3 is 10.1 Å². The van der Waals surface area contributed by atoms with Crippen molar-refractivity contribution in [2.45, 2.75) is 66.0 Å². The topological polar surface area (TPSA) is 21.3 Å². The number of nitrogens with one attached hydrogen (secondary N) is 1. The molecular formula is C14H29NO. The quantitative estimate of drug-likeness (QED) is 0.799. The predicted molar refractivity (Wildman–Crippen MR) is 69.7 cm³/mol. The molecule has 96 valence electrons. The molecule has 16 heavy (non-hydrogen) atoms. The molecule has 2 unspecified atom stereocenters. The standard InChI is InChI=1S/C14H29NO/c1-13(2,3)9-12-11(7-8-16-12)10-15-14(4,5)6/h11-12,15H,7-10H2,1-6H3. The average Bonchev–Trinajstić information content (AvgIpc) is 2.44. The van der Waals surface area contributed by atoms with Crippen LogP contribution in [-0.2, 0) is 4.74 Å². The average molecular weight is 227 g/mol. The van der Waals surface area contributed by atoms with Crippen LogP contribution >= 0.6 is 0 Å². The van der Waals surface area contributed by atoms with Gasteiger partial charge in [0.05, 0.1) is 6.10 Å². The molecule has 1 aliphatic rings. The molecule has 1 N–H and O–H groups in total. The zero-order valence-corrected chi connectivity index (χ0v) is 11.9. The lowest BCUT2D eigenvalue weighted by atomic mass is 9.84. The van der Waals surface area contributed by atoms with Gasteiger partial charge in [0.2, 0.25) is 0 Å². The van der Waals surface area contributed by atoms with Crippen molar-refractivity contribution in [3.8, 4) is 0 Å². The Morgan fingerprint density at radius 2 is 1.75 bits per heavy atom. The van der Waals surface area contributed by atoms with E-state index in [-0.39, 0.29) is 5.54 Å². The van der Waals surface area contributed by atoms with Crippen LogP contribution in [0.25, 0.3) is 0 Å². The van der Waals surface area contributed by atoms with Gasteiger partial charge in [0.1, 0.15) is 0 Å². The van der Waals surface area contributed by atoms with E-state index >= 15 is 0 Å². The fourth-order valence-corrected chi connectivity index (χ4v) is 2.19. The van der Waals surface area contributed by atoms with Gasteiger partial charge in [-0.3, -0.25) is 0 Å². The van der Waals surface area contributed by atoms with E-state index in [0.29, 0.717) is 17.4 Å². The Morgan fingerprint density at radius 3 is 2.25 bits per heavy atom. The summed E-state index contributed by atoms with van der Waals surface area (Å²) < 4.78 is 5.87. The Hall–Kier alpha value is -0.0800. The SMILES string of the molecule is CC(C)(C)CC1OCCC1CNC(C)(C)C. The molecule has 2 nitrogen and oxygen atoms in total. The number of rotatable bonds is 3. The van der Waals surface area contributed by atoms with E-state index in [4.69, 9.17) is 4.74 Å². The minimum atomic E-state index is 0.217. The Balaban J connectivity index is 2.41. The zero-order chi connectivity index (χ0) is 12.4. The molecule has 1 saturated heterocycles. The summed E-state index contributed by atoms with van der Waals surface area (Å²) in [4.78, 5) is 0. The zero-order valence-electron chi connectivity index (χ0n) is 11.9. The first-order valence-electron chi connectivity index (χ1n) is 6.54. The summed E-state index contributed by atoms with van der Waals surface area (Å²) in [7, 11) is 0. The summed E-state index contributed by atoms with van der Waals surface area (Å²) in [6.45, 7) is 15.6. The molecule has 1 rings (SSSR count). The van der Waals surface area contributed by atoms with Gasteiger partial charge in [-0.05, 0) is 44.9 Å². The van der Waals surface area contributed by atoms with Crippen molar-refractivity contribution in [2.24, 2.45) is 11.3 Å². The molecule has 1 fully saturated rings. The van der Waals surface area contributed by atoms with E-state index in [1.54, 1.807) is 0 Å². The minimum Gasteiger partial charge on any atom is -0.378 e. The third-order valence-electron chi connectivity index (χ3n) is 3.05. The summed E-state index contributed by atoms with van der Waals surface area (Å²) in [5, 5.41) is 3.60. The highest BCUT2D eigenvalue weighted by Crippen LogP contribution is 2.31. The van der Waals surface area contributed by atoms with E-state index in [0.717, 1.165) is 13.2 Å². The third-order valence-corrected chi connectivity index (χ3v) is 3.05. The molecule has 0 aromatic heterocycles. The third kappa shape index (κ3) is 5.31. The first kappa shape index (κ1) is 14.0. The molecule has 0 radical (unpaired) electrons. The van der Waals surface area contributed by atoms with Crippen molar-refractivity contribution >= 4 is 0 Å². The predicted octanol–water partition coefficient (Wildman–Crippen LogP) is 3.22. The smallest absolute Gasteiger partial charge is 0.0621 e. The maximum absolute atomic E-state index is 5.87. The van der Waals surface area contributed by atoms with Crippen molar-refractivity contribution in [3.63, 3.8) is 0 Å². The largest absolute Gasteiger partial charge is 0.378 e. The molecule has 2 atom stereocenters. The monoisotopic (exact) mass is 227 g/mol. The molecule has 0 bridgehead atoms. The van der Waals surface area contributed by atoms with Crippen molar-refractivity contribution in [2.75, 3.05) is 13.2 Å². The Kier molecular flexibility index (Phi) is 4.42. The van der Waals surface area contributed by atoms with Crippen LogP contribution in [0, 0.1) is 11.3 Å². The van der Waals surface area contributed by atoms with E-state index < -0.39 is 0 Å². The van der Waals surface area contributed by atoms with Crippen LogP contribution in [-0.4, -0.2) is 24.8 Å². The van der Waals surface area contributed by atoms with Gasteiger partial charge in [-0.25, -0.2) is 0 Å². The molecule has 2 heteroatoms. The molecule has 1 heterocycles. The molecule has 0 saturated carbocycles. The summed E-state index contributed by atoms with van der Waals surface area (Å²) in [5.74, 6) is 0.693. The van der Waals surface area contributed by atoms with Gasteiger partial charge in [-0.15, -0.1) is 0 Å². The highest BCUT2D eigenvalue weighted by Gasteiger charge is 2.32. The lowest BCUT2D eigenvalue weighted by Crippen LogP contribution is -2.41. The first-order chi connectivity index (χ1) is 7.17. The highest BCUT2D eigenvalue weighted by atomic mass is 16.5. The fourth-order valence-electron chi connectivity index (χ4n) is 2.19. The van der Waals surface area contributed by atoms with Gasteiger partial charge in [-0.2, -0.15) is 0 Å². The van der Waals surface area contributed by atoms with Crippen LogP contribution in [0.3, 0.4) is 0 Å². The summed E-state index contributed by atoms with van der Waals surface area (Å²) in [6.07, 6.45) is 2.84. The van der Waals surface area contributed by atoms with E-state index in [9.17, 15) is 0 Å². The van der Waals surface area contributed by atoms with Gasteiger partial charge in [0, 0.05) is 18.7 Å². The molecule has 0 aliphatic carbocycles. The molecular weight excluding hydrogens is 198 g/mol. The summed E-state index contributed by atoms with van der Waals surface area (Å²) in [6, 6.07) is 0. The van der Waals surface area contributed by atoms with Crippen LogP contribution in [0.1, 0.15) is 54.4 Å². The molecule has 0 aromatic carbocycles. The van der Waals surface area contributed by atoms with Gasteiger partial charge in [-0.1, -0.05) is 20.8 Å². The Bertz CT molecular complexity index is 212. The van der Waals surface area contributed by atoms with E-state index in [1.807, 2.05) is 0 Å². The molecule has 0 amide bonds. The van der Waals surface area contributed by atoms with E-state index in [1.165, 1.54) is 12.8 Å². The maximum Gasteiger partial charge on any atom is 0.0621 e. The lowest BCUT2D eigenvalue weighted by molar-refractivity contribution is 0.0548. The Morgan fingerprint density at radius 1 is 1.12 bits per heavy atom. The number of hydrogen-bond acceptors (Lipinski definition) is 2. The molecule has 0 spiro atoms. The second-order valence-electron chi connectivity index (χ2n) is 7.35. The van der Waals surface area contributed by atoms with Crippen molar-refractivity contribution in [1.82, 2.24) is 5.32 Å². The van der Waals surface area contributed by atoms with Gasteiger partial charge in [0.15, 0.2) is 0 Å². The molecule has 0 aromatic rings. The van der Waals surface area contributed by atoms with Crippen molar-refractivity contribution < 1.29 is 4.74 Å². The van der Waals surface area contributed by atoms with Crippen LogP contribution < -0.4 is 5.32 Å². The molecule has 1 aliphatic heterocycles. The fraction of sp³-hybridized carbons (Fsp3) is 1.00. The van der Waals surface area contributed by atoms with Crippen molar-refractivity contribution in [3.05, 3.63) is 0 Å².